The molecule has 0 saturated carbocycles. The lowest BCUT2D eigenvalue weighted by atomic mass is 10.1. The van der Waals surface area contributed by atoms with E-state index < -0.39 is 31.0 Å². The summed E-state index contributed by atoms with van der Waals surface area (Å²) in [4.78, 5) is 21.6. The molecule has 0 radical (unpaired) electrons. The molecule has 1 heterocycles. The molecule has 0 bridgehead atoms. The fourth-order valence-electron chi connectivity index (χ4n) is 2.56. The van der Waals surface area contributed by atoms with Crippen LogP contribution < -0.4 is 10.4 Å². The Morgan fingerprint density at radius 1 is 1.15 bits per heavy atom. The number of benzene rings is 2. The van der Waals surface area contributed by atoms with Crippen LogP contribution in [0.4, 0.5) is 5.69 Å². The van der Waals surface area contributed by atoms with Gasteiger partial charge >= 0.3 is 11.3 Å². The predicted octanol–water partition coefficient (Wildman–Crippen LogP) is 3.21. The lowest BCUT2D eigenvalue weighted by Gasteiger charge is -2.09. The van der Waals surface area contributed by atoms with E-state index in [1.54, 1.807) is 19.1 Å². The van der Waals surface area contributed by atoms with Gasteiger partial charge in [0, 0.05) is 23.8 Å². The highest BCUT2D eigenvalue weighted by molar-refractivity contribution is 7.90. The van der Waals surface area contributed by atoms with E-state index in [1.165, 1.54) is 24.3 Å². The van der Waals surface area contributed by atoms with Crippen molar-refractivity contribution in [3.63, 3.8) is 0 Å². The van der Waals surface area contributed by atoms with Crippen LogP contribution in [-0.2, 0) is 9.84 Å². The first-order valence-electron chi connectivity index (χ1n) is 7.36. The van der Waals surface area contributed by atoms with Gasteiger partial charge in [-0.1, -0.05) is 6.07 Å². The quantitative estimate of drug-likeness (QED) is 0.390. The van der Waals surface area contributed by atoms with E-state index in [1.807, 2.05) is 0 Å². The molecule has 0 spiro atoms. The van der Waals surface area contributed by atoms with Crippen LogP contribution in [0.3, 0.4) is 0 Å². The van der Waals surface area contributed by atoms with Gasteiger partial charge in [0.1, 0.15) is 16.2 Å². The average molecular weight is 375 g/mol. The van der Waals surface area contributed by atoms with Crippen LogP contribution in [0.1, 0.15) is 5.56 Å². The van der Waals surface area contributed by atoms with E-state index >= 15 is 0 Å². The Morgan fingerprint density at radius 2 is 1.88 bits per heavy atom. The van der Waals surface area contributed by atoms with Crippen LogP contribution in [0.25, 0.3) is 11.0 Å². The van der Waals surface area contributed by atoms with Gasteiger partial charge in [-0.2, -0.15) is 0 Å². The number of fused-ring (bicyclic) bond motifs is 1. The third kappa shape index (κ3) is 3.29. The van der Waals surface area contributed by atoms with E-state index in [9.17, 15) is 23.3 Å². The van der Waals surface area contributed by atoms with Crippen LogP contribution in [0.2, 0.25) is 0 Å². The van der Waals surface area contributed by atoms with E-state index in [4.69, 9.17) is 9.15 Å². The highest BCUT2D eigenvalue weighted by atomic mass is 32.2. The maximum Gasteiger partial charge on any atom is 0.336 e. The van der Waals surface area contributed by atoms with Gasteiger partial charge in [-0.05, 0) is 36.8 Å². The summed E-state index contributed by atoms with van der Waals surface area (Å²) in [6.07, 6.45) is 0.882. The number of nitro benzene ring substituents is 1. The Hall–Kier alpha value is -3.20. The number of nitro groups is 1. The van der Waals surface area contributed by atoms with Gasteiger partial charge in [-0.3, -0.25) is 10.1 Å². The van der Waals surface area contributed by atoms with Crippen molar-refractivity contribution in [3.05, 3.63) is 68.6 Å². The molecule has 134 valence electrons. The molecule has 3 aromatic rings. The number of hydrogen-bond donors (Lipinski definition) is 0. The second-order valence-electron chi connectivity index (χ2n) is 5.64. The molecule has 0 unspecified atom stereocenters. The zero-order valence-corrected chi connectivity index (χ0v) is 14.6. The number of rotatable bonds is 4. The monoisotopic (exact) mass is 375 g/mol. The largest absolute Gasteiger partial charge is 0.450 e. The zero-order valence-electron chi connectivity index (χ0n) is 13.8. The zero-order chi connectivity index (χ0) is 19.1. The summed E-state index contributed by atoms with van der Waals surface area (Å²) in [5.74, 6) is -0.0627. The lowest BCUT2D eigenvalue weighted by Crippen LogP contribution is -2.04. The molecule has 26 heavy (non-hydrogen) atoms. The van der Waals surface area contributed by atoms with Crippen molar-refractivity contribution in [2.75, 3.05) is 6.26 Å². The van der Waals surface area contributed by atoms with E-state index in [2.05, 4.69) is 0 Å². The van der Waals surface area contributed by atoms with Crippen molar-refractivity contribution >= 4 is 26.5 Å². The maximum atomic E-state index is 11.8. The number of hydrogen-bond acceptors (Lipinski definition) is 7. The molecule has 0 aliphatic heterocycles. The van der Waals surface area contributed by atoms with E-state index in [0.29, 0.717) is 10.9 Å². The second-order valence-corrected chi connectivity index (χ2v) is 7.62. The van der Waals surface area contributed by atoms with Crippen LogP contribution in [0.5, 0.6) is 11.5 Å². The molecule has 8 nitrogen and oxygen atoms in total. The molecule has 2 aromatic carbocycles. The van der Waals surface area contributed by atoms with Gasteiger partial charge in [0.25, 0.3) is 0 Å². The van der Waals surface area contributed by atoms with Gasteiger partial charge < -0.3 is 9.15 Å². The van der Waals surface area contributed by atoms with Gasteiger partial charge in [0.2, 0.25) is 5.75 Å². The Morgan fingerprint density at radius 3 is 2.54 bits per heavy atom. The molecule has 0 aliphatic rings. The summed E-state index contributed by atoms with van der Waals surface area (Å²) in [5, 5.41) is 12.1. The summed E-state index contributed by atoms with van der Waals surface area (Å²) < 4.78 is 34.2. The minimum Gasteiger partial charge on any atom is -0.450 e. The highest BCUT2D eigenvalue weighted by Gasteiger charge is 2.27. The van der Waals surface area contributed by atoms with Crippen LogP contribution in [-0.4, -0.2) is 19.6 Å². The molecule has 0 fully saturated rings. The Labute approximate surface area is 147 Å². The first kappa shape index (κ1) is 17.6. The SMILES string of the molecule is Cc1cc(=O)oc2cc(Oc3cccc(S(C)(=O)=O)c3[N+](=O)[O-])ccc12. The molecule has 0 N–H and O–H groups in total. The van der Waals surface area contributed by atoms with Gasteiger partial charge in [-0.15, -0.1) is 0 Å². The number of ether oxygens (including phenoxy) is 1. The van der Waals surface area contributed by atoms with E-state index in [-0.39, 0.29) is 17.1 Å². The number of para-hydroxylation sites is 1. The van der Waals surface area contributed by atoms with Crippen LogP contribution in [0.15, 0.2) is 56.6 Å². The van der Waals surface area contributed by atoms with Crippen LogP contribution in [0, 0.1) is 17.0 Å². The minimum absolute atomic E-state index is 0.167. The summed E-state index contributed by atoms with van der Waals surface area (Å²) in [6, 6.07) is 9.75. The summed E-state index contributed by atoms with van der Waals surface area (Å²) in [6.45, 7) is 1.75. The van der Waals surface area contributed by atoms with Crippen molar-refractivity contribution in [1.82, 2.24) is 0 Å². The molecule has 0 atom stereocenters. The molecule has 3 rings (SSSR count). The fraction of sp³-hybridized carbons (Fsp3) is 0.118. The molecular formula is C17H13NO7S. The third-order valence-corrected chi connectivity index (χ3v) is 4.82. The van der Waals surface area contributed by atoms with E-state index in [0.717, 1.165) is 12.3 Å². The van der Waals surface area contributed by atoms with Crippen molar-refractivity contribution in [3.8, 4) is 11.5 Å². The minimum atomic E-state index is -3.82. The third-order valence-electron chi connectivity index (χ3n) is 3.69. The molecule has 1 aromatic heterocycles. The van der Waals surface area contributed by atoms with Gasteiger partial charge in [0.15, 0.2) is 9.84 Å². The standard InChI is InChI=1S/C17H13NO7S/c1-10-8-16(19)25-14-9-11(6-7-12(10)14)24-13-4-3-5-15(26(2,22)23)17(13)18(20)21/h3-9H,1-2H3. The summed E-state index contributed by atoms with van der Waals surface area (Å²) >= 11 is 0. The van der Waals surface area contributed by atoms with Gasteiger partial charge in [-0.25, -0.2) is 13.2 Å². The number of nitrogens with zero attached hydrogens (tertiary/aromatic N) is 1. The van der Waals surface area contributed by atoms with Crippen molar-refractivity contribution in [1.29, 1.82) is 0 Å². The van der Waals surface area contributed by atoms with Gasteiger partial charge in [0.05, 0.1) is 4.92 Å². The molecule has 0 saturated heterocycles. The number of sulfone groups is 1. The normalized spacial score (nSPS) is 11.5. The molecule has 0 aliphatic carbocycles. The Kier molecular flexibility index (Phi) is 4.25. The topological polar surface area (TPSA) is 117 Å². The highest BCUT2D eigenvalue weighted by Crippen LogP contribution is 2.37. The van der Waals surface area contributed by atoms with Crippen LogP contribution >= 0.6 is 0 Å². The first-order valence-corrected chi connectivity index (χ1v) is 9.26. The Bertz CT molecular complexity index is 1200. The fourth-order valence-corrected chi connectivity index (χ4v) is 3.41. The number of aryl methyl sites for hydroxylation is 1. The van der Waals surface area contributed by atoms with Crippen molar-refractivity contribution in [2.24, 2.45) is 0 Å². The predicted molar refractivity (Wildman–Crippen MR) is 93.5 cm³/mol. The van der Waals surface area contributed by atoms with Crippen molar-refractivity contribution < 1.29 is 22.5 Å². The smallest absolute Gasteiger partial charge is 0.336 e. The van der Waals surface area contributed by atoms with Crippen molar-refractivity contribution in [2.45, 2.75) is 11.8 Å². The first-order chi connectivity index (χ1) is 12.2. The summed E-state index contributed by atoms with van der Waals surface area (Å²) in [7, 11) is -3.82. The maximum absolute atomic E-state index is 11.8. The molecule has 0 amide bonds. The molecule has 9 heteroatoms. The second kappa shape index (κ2) is 6.26. The summed E-state index contributed by atoms with van der Waals surface area (Å²) in [5.41, 5.74) is -0.208. The Balaban J connectivity index is 2.14. The molecular weight excluding hydrogens is 362 g/mol. The lowest BCUT2D eigenvalue weighted by molar-refractivity contribution is -0.388. The average Bonchev–Trinajstić information content (AvgIpc) is 2.53.